The van der Waals surface area contributed by atoms with Crippen molar-refractivity contribution in [2.24, 2.45) is 5.73 Å². The average Bonchev–Trinajstić information content (AvgIpc) is 2.91. The molecule has 0 fully saturated rings. The molecule has 3 heterocycles. The summed E-state index contributed by atoms with van der Waals surface area (Å²) in [5, 5.41) is 10.8. The Balaban J connectivity index is 1.98. The molecule has 1 aromatic heterocycles. The number of benzene rings is 2. The van der Waals surface area contributed by atoms with Crippen LogP contribution in [0.1, 0.15) is 11.1 Å². The maximum atomic E-state index is 13.6. The summed E-state index contributed by atoms with van der Waals surface area (Å²) in [5.41, 5.74) is 7.58. The van der Waals surface area contributed by atoms with Gasteiger partial charge in [0.25, 0.3) is 0 Å². The van der Waals surface area contributed by atoms with E-state index in [9.17, 15) is 10.1 Å². The van der Waals surface area contributed by atoms with Gasteiger partial charge in [0, 0.05) is 35.4 Å². The first-order valence-electron chi connectivity index (χ1n) is 8.44. The normalized spacial score (nSPS) is 20.4. The standard InChI is InChI=1S/C21H14N4O2/c1-25-16-7-3-2-6-13(16)21(20(25)26)14-9-8-12-5-4-10-24-17(12)18(14)27-19(23)15(21)11-22/h2-10H,23H2,1H3. The predicted molar refractivity (Wildman–Crippen MR) is 99.8 cm³/mol. The van der Waals surface area contributed by atoms with Crippen molar-refractivity contribution in [3.63, 3.8) is 0 Å². The van der Waals surface area contributed by atoms with E-state index in [1.165, 1.54) is 0 Å². The Labute approximate surface area is 155 Å². The highest BCUT2D eigenvalue weighted by atomic mass is 16.5. The molecule has 0 saturated heterocycles. The molecule has 27 heavy (non-hydrogen) atoms. The van der Waals surface area contributed by atoms with Crippen LogP contribution in [0.15, 0.2) is 66.2 Å². The van der Waals surface area contributed by atoms with Crippen LogP contribution in [0.3, 0.4) is 0 Å². The number of rotatable bonds is 0. The number of para-hydroxylation sites is 1. The van der Waals surface area contributed by atoms with Gasteiger partial charge in [0.2, 0.25) is 11.8 Å². The number of carbonyl (C=O) groups excluding carboxylic acids is 1. The lowest BCUT2D eigenvalue weighted by atomic mass is 9.68. The van der Waals surface area contributed by atoms with Gasteiger partial charge < -0.3 is 15.4 Å². The van der Waals surface area contributed by atoms with Gasteiger partial charge in [0.1, 0.15) is 22.6 Å². The number of nitrogens with two attached hydrogens (primary N) is 1. The van der Waals surface area contributed by atoms with Gasteiger partial charge in [-0.1, -0.05) is 36.4 Å². The molecule has 2 aliphatic rings. The molecule has 5 rings (SSSR count). The molecule has 1 amide bonds. The average molecular weight is 354 g/mol. The van der Waals surface area contributed by atoms with Gasteiger partial charge in [-0.25, -0.2) is 0 Å². The van der Waals surface area contributed by atoms with Gasteiger partial charge in [0.15, 0.2) is 5.75 Å². The van der Waals surface area contributed by atoms with Gasteiger partial charge in [-0.3, -0.25) is 9.78 Å². The Morgan fingerprint density at radius 3 is 2.78 bits per heavy atom. The molecule has 0 aliphatic carbocycles. The van der Waals surface area contributed by atoms with E-state index >= 15 is 0 Å². The van der Waals surface area contributed by atoms with Gasteiger partial charge in [-0.05, 0) is 12.1 Å². The van der Waals surface area contributed by atoms with Crippen molar-refractivity contribution >= 4 is 22.5 Å². The Bertz CT molecular complexity index is 1220. The van der Waals surface area contributed by atoms with Gasteiger partial charge in [-0.2, -0.15) is 5.26 Å². The molecule has 0 radical (unpaired) electrons. The number of hydrogen-bond acceptors (Lipinski definition) is 5. The van der Waals surface area contributed by atoms with E-state index in [0.29, 0.717) is 16.8 Å². The molecule has 1 atom stereocenters. The van der Waals surface area contributed by atoms with Crippen molar-refractivity contribution in [3.05, 3.63) is 77.3 Å². The van der Waals surface area contributed by atoms with Crippen LogP contribution in [0, 0.1) is 11.3 Å². The minimum absolute atomic E-state index is 0.0680. The molecule has 6 heteroatoms. The largest absolute Gasteiger partial charge is 0.438 e. The van der Waals surface area contributed by atoms with Crippen molar-refractivity contribution in [1.82, 2.24) is 4.98 Å². The van der Waals surface area contributed by atoms with Crippen molar-refractivity contribution in [2.75, 3.05) is 11.9 Å². The SMILES string of the molecule is CN1C(=O)C2(C(C#N)=C(N)Oc3c2ccc2cccnc32)c2ccccc21. The van der Waals surface area contributed by atoms with Gasteiger partial charge >= 0.3 is 0 Å². The van der Waals surface area contributed by atoms with E-state index in [-0.39, 0.29) is 17.4 Å². The number of ether oxygens (including phenoxy) is 1. The molecule has 1 spiro atoms. The minimum atomic E-state index is -1.33. The molecule has 3 aromatic rings. The Morgan fingerprint density at radius 2 is 1.96 bits per heavy atom. The number of carbonyl (C=O) groups is 1. The Morgan fingerprint density at radius 1 is 1.15 bits per heavy atom. The zero-order valence-corrected chi connectivity index (χ0v) is 14.4. The lowest BCUT2D eigenvalue weighted by Crippen LogP contribution is -2.44. The number of nitriles is 1. The first-order valence-corrected chi connectivity index (χ1v) is 8.44. The van der Waals surface area contributed by atoms with Crippen molar-refractivity contribution in [1.29, 1.82) is 5.26 Å². The second-order valence-electron chi connectivity index (χ2n) is 6.60. The van der Waals surface area contributed by atoms with Crippen LogP contribution in [-0.4, -0.2) is 17.9 Å². The maximum Gasteiger partial charge on any atom is 0.247 e. The summed E-state index contributed by atoms with van der Waals surface area (Å²) in [6.45, 7) is 0. The van der Waals surface area contributed by atoms with Crippen molar-refractivity contribution in [3.8, 4) is 11.8 Å². The van der Waals surface area contributed by atoms with Crippen LogP contribution < -0.4 is 15.4 Å². The highest BCUT2D eigenvalue weighted by Gasteiger charge is 2.58. The zero-order valence-electron chi connectivity index (χ0n) is 14.4. The van der Waals surface area contributed by atoms with Crippen LogP contribution in [-0.2, 0) is 10.2 Å². The van der Waals surface area contributed by atoms with E-state index in [1.54, 1.807) is 18.1 Å². The predicted octanol–water partition coefficient (Wildman–Crippen LogP) is 2.58. The lowest BCUT2D eigenvalue weighted by Gasteiger charge is -2.34. The number of likely N-dealkylation sites (N-methyl/N-ethyl adjacent to an activating group) is 1. The third-order valence-corrected chi connectivity index (χ3v) is 5.37. The second kappa shape index (κ2) is 5.08. The molecular weight excluding hydrogens is 340 g/mol. The van der Waals surface area contributed by atoms with E-state index in [4.69, 9.17) is 10.5 Å². The number of amides is 1. The number of pyridine rings is 1. The number of aromatic nitrogens is 1. The monoisotopic (exact) mass is 354 g/mol. The lowest BCUT2D eigenvalue weighted by molar-refractivity contribution is -0.120. The molecular formula is C21H14N4O2. The first-order chi connectivity index (χ1) is 13.1. The fraction of sp³-hybridized carbons (Fsp3) is 0.0952. The Kier molecular flexibility index (Phi) is 2.90. The zero-order chi connectivity index (χ0) is 18.8. The van der Waals surface area contributed by atoms with E-state index in [0.717, 1.165) is 16.6 Å². The number of nitrogens with zero attached hydrogens (tertiary/aromatic N) is 3. The summed E-state index contributed by atoms with van der Waals surface area (Å²) in [5.74, 6) is 0.118. The smallest absolute Gasteiger partial charge is 0.247 e. The summed E-state index contributed by atoms with van der Waals surface area (Å²) >= 11 is 0. The summed E-state index contributed by atoms with van der Waals surface area (Å²) < 4.78 is 5.84. The topological polar surface area (TPSA) is 92.2 Å². The molecule has 2 aromatic carbocycles. The summed E-state index contributed by atoms with van der Waals surface area (Å²) in [7, 11) is 1.70. The van der Waals surface area contributed by atoms with Crippen LogP contribution in [0.5, 0.6) is 5.75 Å². The maximum absolute atomic E-state index is 13.6. The minimum Gasteiger partial charge on any atom is -0.438 e. The highest BCUT2D eigenvalue weighted by molar-refractivity contribution is 6.14. The van der Waals surface area contributed by atoms with Crippen LogP contribution in [0.25, 0.3) is 10.9 Å². The highest BCUT2D eigenvalue weighted by Crippen LogP contribution is 2.55. The van der Waals surface area contributed by atoms with Crippen LogP contribution in [0.2, 0.25) is 0 Å². The molecule has 0 saturated carbocycles. The molecule has 6 nitrogen and oxygen atoms in total. The van der Waals surface area contributed by atoms with Crippen molar-refractivity contribution < 1.29 is 9.53 Å². The quantitative estimate of drug-likeness (QED) is 0.670. The number of hydrogen-bond donors (Lipinski definition) is 1. The summed E-state index contributed by atoms with van der Waals surface area (Å²) in [6, 6.07) is 17.0. The number of fused-ring (bicyclic) bond motifs is 6. The number of anilines is 1. The van der Waals surface area contributed by atoms with Crippen molar-refractivity contribution in [2.45, 2.75) is 5.41 Å². The molecule has 1 unspecified atom stereocenters. The molecule has 2 N–H and O–H groups in total. The van der Waals surface area contributed by atoms with E-state index in [1.807, 2.05) is 48.5 Å². The fourth-order valence-electron chi connectivity index (χ4n) is 4.20. The molecule has 0 bridgehead atoms. The van der Waals surface area contributed by atoms with Crippen LogP contribution in [0.4, 0.5) is 5.69 Å². The van der Waals surface area contributed by atoms with Gasteiger partial charge in [-0.15, -0.1) is 0 Å². The summed E-state index contributed by atoms with van der Waals surface area (Å²) in [6.07, 6.45) is 1.66. The first kappa shape index (κ1) is 15.4. The third-order valence-electron chi connectivity index (χ3n) is 5.37. The van der Waals surface area contributed by atoms with Gasteiger partial charge in [0.05, 0.1) is 0 Å². The molecule has 2 aliphatic heterocycles. The molecule has 130 valence electrons. The Hall–Kier alpha value is -3.85. The van der Waals surface area contributed by atoms with Crippen LogP contribution >= 0.6 is 0 Å². The fourth-order valence-corrected chi connectivity index (χ4v) is 4.20. The van der Waals surface area contributed by atoms with E-state index < -0.39 is 5.41 Å². The second-order valence-corrected chi connectivity index (χ2v) is 6.60. The third kappa shape index (κ3) is 1.68. The summed E-state index contributed by atoms with van der Waals surface area (Å²) in [4.78, 5) is 19.6. The van der Waals surface area contributed by atoms with E-state index in [2.05, 4.69) is 11.1 Å².